The molecule has 3 N–H and O–H groups in total. The molecule has 0 amide bonds. The molecule has 0 aromatic rings. The first-order valence-corrected chi connectivity index (χ1v) is 5.41. The molecule has 0 aromatic heterocycles. The van der Waals surface area contributed by atoms with E-state index in [0.29, 0.717) is 0 Å². The Labute approximate surface area is 90.9 Å². The Balaban J connectivity index is 2.84. The zero-order valence-electron chi connectivity index (χ0n) is 9.84. The molecule has 1 heterocycles. The molecule has 15 heavy (non-hydrogen) atoms. The highest BCUT2D eigenvalue weighted by molar-refractivity contribution is 4.91. The lowest BCUT2D eigenvalue weighted by atomic mass is 9.71. The molecule has 0 bridgehead atoms. The molecule has 90 valence electrons. The van der Waals surface area contributed by atoms with E-state index in [1.807, 2.05) is 27.7 Å². The van der Waals surface area contributed by atoms with Crippen molar-refractivity contribution >= 4 is 0 Å². The smallest absolute Gasteiger partial charge is 0.160 e. The van der Waals surface area contributed by atoms with Crippen LogP contribution < -0.4 is 0 Å². The molecule has 0 saturated carbocycles. The summed E-state index contributed by atoms with van der Waals surface area (Å²) >= 11 is 0. The average molecular weight is 218 g/mol. The van der Waals surface area contributed by atoms with Gasteiger partial charge in [0.05, 0.1) is 18.8 Å². The molecule has 1 unspecified atom stereocenters. The summed E-state index contributed by atoms with van der Waals surface area (Å²) in [4.78, 5) is 0. The largest absolute Gasteiger partial charge is 0.394 e. The van der Waals surface area contributed by atoms with Crippen LogP contribution in [0, 0.1) is 17.3 Å². The minimum Gasteiger partial charge on any atom is -0.394 e. The maximum absolute atomic E-state index is 10.1. The van der Waals surface area contributed by atoms with Crippen molar-refractivity contribution in [2.24, 2.45) is 17.3 Å². The normalized spacial score (nSPS) is 43.0. The summed E-state index contributed by atoms with van der Waals surface area (Å²) in [5, 5.41) is 28.9. The average Bonchev–Trinajstić information content (AvgIpc) is 2.09. The van der Waals surface area contributed by atoms with Crippen molar-refractivity contribution < 1.29 is 20.1 Å². The van der Waals surface area contributed by atoms with Gasteiger partial charge in [-0.3, -0.25) is 0 Å². The molecule has 4 heteroatoms. The van der Waals surface area contributed by atoms with Crippen LogP contribution in [0.2, 0.25) is 0 Å². The van der Waals surface area contributed by atoms with Gasteiger partial charge in [0.1, 0.15) is 0 Å². The van der Waals surface area contributed by atoms with Crippen LogP contribution in [0.4, 0.5) is 0 Å². The van der Waals surface area contributed by atoms with Crippen molar-refractivity contribution in [1.82, 2.24) is 0 Å². The van der Waals surface area contributed by atoms with Gasteiger partial charge in [0.15, 0.2) is 6.29 Å². The van der Waals surface area contributed by atoms with Crippen molar-refractivity contribution in [3.8, 4) is 0 Å². The molecular weight excluding hydrogens is 196 g/mol. The highest BCUT2D eigenvalue weighted by atomic mass is 16.6. The minimum absolute atomic E-state index is 0.164. The maximum Gasteiger partial charge on any atom is 0.160 e. The van der Waals surface area contributed by atoms with Crippen molar-refractivity contribution in [2.45, 2.75) is 46.2 Å². The summed E-state index contributed by atoms with van der Waals surface area (Å²) in [6, 6.07) is 0. The Hall–Kier alpha value is -0.160. The Bertz CT molecular complexity index is 211. The van der Waals surface area contributed by atoms with E-state index >= 15 is 0 Å². The standard InChI is InChI=1S/C11H22O4/c1-6-7(5-12)15-10(14)8(9(6)13)11(2,3)4/h6-10,12-14H,5H2,1-4H3/t6-,7-,8?,9+,10+/m0/s1. The lowest BCUT2D eigenvalue weighted by Gasteiger charge is -2.46. The van der Waals surface area contributed by atoms with Gasteiger partial charge in [-0.15, -0.1) is 0 Å². The second-order valence-corrected chi connectivity index (χ2v) is 5.49. The van der Waals surface area contributed by atoms with Gasteiger partial charge in [-0.2, -0.15) is 0 Å². The van der Waals surface area contributed by atoms with Crippen molar-refractivity contribution in [3.63, 3.8) is 0 Å². The fraction of sp³-hybridized carbons (Fsp3) is 1.00. The molecule has 4 nitrogen and oxygen atoms in total. The first kappa shape index (κ1) is 12.9. The van der Waals surface area contributed by atoms with Gasteiger partial charge < -0.3 is 20.1 Å². The fourth-order valence-electron chi connectivity index (χ4n) is 2.25. The molecule has 1 saturated heterocycles. The Morgan fingerprint density at radius 3 is 2.13 bits per heavy atom. The van der Waals surface area contributed by atoms with Crippen LogP contribution in [0.3, 0.4) is 0 Å². The molecule has 0 spiro atoms. The summed E-state index contributed by atoms with van der Waals surface area (Å²) < 4.78 is 5.30. The Morgan fingerprint density at radius 1 is 1.20 bits per heavy atom. The lowest BCUT2D eigenvalue weighted by Crippen LogP contribution is -2.55. The second-order valence-electron chi connectivity index (χ2n) is 5.49. The van der Waals surface area contributed by atoms with Crippen LogP contribution in [0.5, 0.6) is 0 Å². The molecule has 1 rings (SSSR count). The van der Waals surface area contributed by atoms with E-state index in [1.54, 1.807) is 0 Å². The number of rotatable bonds is 1. The van der Waals surface area contributed by atoms with E-state index in [4.69, 9.17) is 9.84 Å². The van der Waals surface area contributed by atoms with Gasteiger partial charge in [-0.1, -0.05) is 27.7 Å². The molecule has 0 aromatic carbocycles. The zero-order chi connectivity index (χ0) is 11.8. The predicted molar refractivity (Wildman–Crippen MR) is 56.1 cm³/mol. The summed E-state index contributed by atoms with van der Waals surface area (Å²) in [6.45, 7) is 7.53. The van der Waals surface area contributed by atoms with Crippen LogP contribution in [-0.4, -0.2) is 40.4 Å². The van der Waals surface area contributed by atoms with Crippen molar-refractivity contribution in [3.05, 3.63) is 0 Å². The van der Waals surface area contributed by atoms with E-state index in [0.717, 1.165) is 0 Å². The van der Waals surface area contributed by atoms with Gasteiger partial charge in [-0.25, -0.2) is 0 Å². The predicted octanol–water partition coefficient (Wildman–Crippen LogP) is 0.355. The summed E-state index contributed by atoms with van der Waals surface area (Å²) in [5.74, 6) is -0.488. The van der Waals surface area contributed by atoms with Crippen LogP contribution in [0.1, 0.15) is 27.7 Å². The molecule has 1 aliphatic rings. The molecule has 1 fully saturated rings. The third-order valence-corrected chi connectivity index (χ3v) is 3.29. The zero-order valence-corrected chi connectivity index (χ0v) is 9.84. The minimum atomic E-state index is -1.01. The second kappa shape index (κ2) is 4.37. The Morgan fingerprint density at radius 2 is 1.73 bits per heavy atom. The maximum atomic E-state index is 10.1. The number of hydrogen-bond donors (Lipinski definition) is 3. The fourth-order valence-corrected chi connectivity index (χ4v) is 2.25. The quantitative estimate of drug-likeness (QED) is 0.594. The molecule has 0 aliphatic carbocycles. The molecule has 5 atom stereocenters. The third kappa shape index (κ3) is 2.50. The van der Waals surface area contributed by atoms with Crippen LogP contribution in [0.25, 0.3) is 0 Å². The summed E-state index contributed by atoms with van der Waals surface area (Å²) in [5.41, 5.74) is -0.229. The van der Waals surface area contributed by atoms with Crippen molar-refractivity contribution in [2.75, 3.05) is 6.61 Å². The van der Waals surface area contributed by atoms with E-state index in [-0.39, 0.29) is 23.9 Å². The molecular formula is C11H22O4. The highest BCUT2D eigenvalue weighted by Crippen LogP contribution is 2.39. The van der Waals surface area contributed by atoms with Gasteiger partial charge in [0.25, 0.3) is 0 Å². The highest BCUT2D eigenvalue weighted by Gasteiger charge is 2.46. The molecule has 0 radical (unpaired) electrons. The lowest BCUT2D eigenvalue weighted by molar-refractivity contribution is -0.270. The van der Waals surface area contributed by atoms with Gasteiger partial charge in [-0.05, 0) is 5.41 Å². The van der Waals surface area contributed by atoms with Crippen molar-refractivity contribution in [1.29, 1.82) is 0 Å². The Kier molecular flexibility index (Phi) is 3.76. The first-order valence-electron chi connectivity index (χ1n) is 5.41. The SMILES string of the molecule is C[C@H]1[C@H](CO)O[C@@H](O)C(C(C)(C)C)[C@@H]1O. The van der Waals surface area contributed by atoms with Crippen LogP contribution >= 0.6 is 0 Å². The first-order chi connectivity index (χ1) is 6.79. The summed E-state index contributed by atoms with van der Waals surface area (Å²) in [7, 11) is 0. The summed E-state index contributed by atoms with van der Waals surface area (Å²) in [6.07, 6.45) is -2.13. The topological polar surface area (TPSA) is 69.9 Å². The molecule has 1 aliphatic heterocycles. The van der Waals surface area contributed by atoms with E-state index in [9.17, 15) is 10.2 Å². The van der Waals surface area contributed by atoms with Gasteiger partial charge in [0.2, 0.25) is 0 Å². The van der Waals surface area contributed by atoms with Gasteiger partial charge in [0, 0.05) is 11.8 Å². The van der Waals surface area contributed by atoms with Crippen LogP contribution in [0.15, 0.2) is 0 Å². The van der Waals surface area contributed by atoms with E-state index in [2.05, 4.69) is 0 Å². The van der Waals surface area contributed by atoms with E-state index < -0.39 is 18.5 Å². The number of ether oxygens (including phenoxy) is 1. The van der Waals surface area contributed by atoms with Gasteiger partial charge >= 0.3 is 0 Å². The number of hydrogen-bond acceptors (Lipinski definition) is 4. The third-order valence-electron chi connectivity index (χ3n) is 3.29. The van der Waals surface area contributed by atoms with E-state index in [1.165, 1.54) is 0 Å². The number of aliphatic hydroxyl groups excluding tert-OH is 3. The number of aliphatic hydroxyl groups is 3. The monoisotopic (exact) mass is 218 g/mol. The van der Waals surface area contributed by atoms with Crippen LogP contribution in [-0.2, 0) is 4.74 Å².